The largest absolute Gasteiger partial charge is 0.462 e. The molecular weight excluding hydrogens is 805 g/mol. The van der Waals surface area contributed by atoms with Crippen LogP contribution in [0.15, 0.2) is 48.6 Å². The Labute approximate surface area is 403 Å². The first kappa shape index (κ1) is 62.4. The van der Waals surface area contributed by atoms with Gasteiger partial charge >= 0.3 is 17.9 Å². The summed E-state index contributed by atoms with van der Waals surface area (Å²) < 4.78 is 16.8. The Hall–Kier alpha value is -2.63. The van der Waals surface area contributed by atoms with Crippen LogP contribution in [-0.4, -0.2) is 37.2 Å². The van der Waals surface area contributed by atoms with Crippen LogP contribution in [-0.2, 0) is 28.6 Å². The van der Waals surface area contributed by atoms with Gasteiger partial charge in [-0.1, -0.05) is 249 Å². The number of hydrogen-bond donors (Lipinski definition) is 0. The van der Waals surface area contributed by atoms with Gasteiger partial charge in [-0.05, 0) is 70.6 Å². The Morgan fingerprint density at radius 2 is 0.585 bits per heavy atom. The predicted octanol–water partition coefficient (Wildman–Crippen LogP) is 18.7. The minimum absolute atomic E-state index is 0.0929. The monoisotopic (exact) mass is 911 g/mol. The summed E-state index contributed by atoms with van der Waals surface area (Å²) in [7, 11) is 0. The zero-order valence-electron chi connectivity index (χ0n) is 43.3. The Kier molecular flexibility index (Phi) is 51.8. The highest BCUT2D eigenvalue weighted by molar-refractivity contribution is 5.71. The molecule has 6 heteroatoms. The minimum atomic E-state index is -0.800. The molecule has 0 aliphatic rings. The number of carbonyl (C=O) groups is 3. The van der Waals surface area contributed by atoms with Crippen LogP contribution >= 0.6 is 0 Å². The number of unbranched alkanes of at least 4 members (excludes halogenated alkanes) is 32. The molecule has 0 aromatic carbocycles. The van der Waals surface area contributed by atoms with Crippen molar-refractivity contribution in [2.24, 2.45) is 0 Å². The molecule has 0 saturated heterocycles. The highest BCUT2D eigenvalue weighted by atomic mass is 16.6. The highest BCUT2D eigenvalue weighted by Crippen LogP contribution is 2.16. The molecule has 0 bridgehead atoms. The average molecular weight is 911 g/mol. The maximum Gasteiger partial charge on any atom is 0.306 e. The molecule has 65 heavy (non-hydrogen) atoms. The first-order valence-electron chi connectivity index (χ1n) is 28.1. The second-order valence-corrected chi connectivity index (χ2v) is 18.8. The number of rotatable bonds is 51. The third kappa shape index (κ3) is 52.2. The Balaban J connectivity index is 4.37. The molecule has 0 fully saturated rings. The van der Waals surface area contributed by atoms with Gasteiger partial charge in [0.15, 0.2) is 6.10 Å². The Morgan fingerprint density at radius 1 is 0.308 bits per heavy atom. The molecule has 1 unspecified atom stereocenters. The van der Waals surface area contributed by atoms with Gasteiger partial charge in [-0.2, -0.15) is 0 Å². The van der Waals surface area contributed by atoms with Crippen LogP contribution in [0.25, 0.3) is 0 Å². The summed E-state index contributed by atoms with van der Waals surface area (Å²) in [5.74, 6) is -0.944. The molecule has 0 aromatic rings. The third-order valence-corrected chi connectivity index (χ3v) is 12.3. The molecule has 0 spiro atoms. The number of hydrogen-bond acceptors (Lipinski definition) is 6. The van der Waals surface area contributed by atoms with E-state index < -0.39 is 6.10 Å². The maximum absolute atomic E-state index is 12.8. The van der Waals surface area contributed by atoms with Gasteiger partial charge in [0.25, 0.3) is 0 Å². The Bertz CT molecular complexity index is 1140. The maximum atomic E-state index is 12.8. The van der Waals surface area contributed by atoms with E-state index in [1.807, 2.05) is 0 Å². The lowest BCUT2D eigenvalue weighted by Gasteiger charge is -2.18. The summed E-state index contributed by atoms with van der Waals surface area (Å²) in [5.41, 5.74) is 0. The lowest BCUT2D eigenvalue weighted by molar-refractivity contribution is -0.167. The van der Waals surface area contributed by atoms with Gasteiger partial charge in [-0.15, -0.1) is 0 Å². The van der Waals surface area contributed by atoms with Crippen LogP contribution in [0.4, 0.5) is 0 Å². The molecule has 0 heterocycles. The fourth-order valence-electron chi connectivity index (χ4n) is 8.03. The number of carbonyl (C=O) groups excluding carboxylic acids is 3. The second-order valence-electron chi connectivity index (χ2n) is 18.8. The first-order chi connectivity index (χ1) is 32.0. The van der Waals surface area contributed by atoms with Crippen LogP contribution in [0.2, 0.25) is 0 Å². The molecular formula is C59H106O6. The summed E-state index contributed by atoms with van der Waals surface area (Å²) in [6.07, 6.45) is 65.4. The summed E-state index contributed by atoms with van der Waals surface area (Å²) in [6, 6.07) is 0. The van der Waals surface area contributed by atoms with Gasteiger partial charge in [0.05, 0.1) is 0 Å². The Morgan fingerprint density at radius 3 is 0.969 bits per heavy atom. The lowest BCUT2D eigenvalue weighted by Crippen LogP contribution is -2.30. The summed E-state index contributed by atoms with van der Waals surface area (Å²) in [4.78, 5) is 38.0. The lowest BCUT2D eigenvalue weighted by atomic mass is 10.0. The van der Waals surface area contributed by atoms with Gasteiger partial charge in [0.2, 0.25) is 0 Å². The van der Waals surface area contributed by atoms with E-state index in [1.54, 1.807) is 0 Å². The summed E-state index contributed by atoms with van der Waals surface area (Å²) in [6.45, 7) is 6.57. The molecule has 0 saturated carbocycles. The van der Waals surface area contributed by atoms with Gasteiger partial charge < -0.3 is 14.2 Å². The van der Waals surface area contributed by atoms with E-state index in [0.717, 1.165) is 64.2 Å². The van der Waals surface area contributed by atoms with E-state index in [1.165, 1.54) is 180 Å². The molecule has 6 nitrogen and oxygen atoms in total. The highest BCUT2D eigenvalue weighted by Gasteiger charge is 2.19. The first-order valence-corrected chi connectivity index (χ1v) is 28.1. The molecule has 1 atom stereocenters. The van der Waals surface area contributed by atoms with Crippen molar-refractivity contribution in [3.05, 3.63) is 48.6 Å². The second kappa shape index (κ2) is 54.0. The quantitative estimate of drug-likeness (QED) is 0.0262. The fraction of sp³-hybridized carbons (Fsp3) is 0.814. The summed E-state index contributed by atoms with van der Waals surface area (Å²) in [5, 5.41) is 0. The normalized spacial score (nSPS) is 12.4. The average Bonchev–Trinajstić information content (AvgIpc) is 3.30. The van der Waals surface area contributed by atoms with Crippen molar-refractivity contribution < 1.29 is 28.6 Å². The zero-order chi connectivity index (χ0) is 47.2. The predicted molar refractivity (Wildman–Crippen MR) is 279 cm³/mol. The van der Waals surface area contributed by atoms with Gasteiger partial charge in [-0.3, -0.25) is 14.4 Å². The number of ether oxygens (including phenoxy) is 3. The van der Waals surface area contributed by atoms with Gasteiger partial charge in [0, 0.05) is 19.3 Å². The van der Waals surface area contributed by atoms with E-state index >= 15 is 0 Å². The van der Waals surface area contributed by atoms with Crippen LogP contribution in [0.3, 0.4) is 0 Å². The van der Waals surface area contributed by atoms with Gasteiger partial charge in [-0.25, -0.2) is 0 Å². The molecule has 0 radical (unpaired) electrons. The van der Waals surface area contributed by atoms with Gasteiger partial charge in [0.1, 0.15) is 13.2 Å². The summed E-state index contributed by atoms with van der Waals surface area (Å²) >= 11 is 0. The minimum Gasteiger partial charge on any atom is -0.462 e. The molecule has 0 aromatic heterocycles. The topological polar surface area (TPSA) is 78.9 Å². The number of allylic oxidation sites excluding steroid dienone is 8. The molecule has 0 aliphatic carbocycles. The van der Waals surface area contributed by atoms with E-state index in [9.17, 15) is 14.4 Å². The third-order valence-electron chi connectivity index (χ3n) is 12.3. The van der Waals surface area contributed by atoms with E-state index in [4.69, 9.17) is 14.2 Å². The van der Waals surface area contributed by atoms with Crippen LogP contribution in [0.1, 0.15) is 290 Å². The molecule has 0 amide bonds. The fourth-order valence-corrected chi connectivity index (χ4v) is 8.03. The molecule has 0 N–H and O–H groups in total. The van der Waals surface area contributed by atoms with Crippen molar-refractivity contribution in [2.75, 3.05) is 13.2 Å². The number of esters is 3. The van der Waals surface area contributed by atoms with Crippen LogP contribution < -0.4 is 0 Å². The van der Waals surface area contributed by atoms with Crippen molar-refractivity contribution in [2.45, 2.75) is 297 Å². The molecule has 378 valence electrons. The van der Waals surface area contributed by atoms with Crippen molar-refractivity contribution in [3.63, 3.8) is 0 Å². The molecule has 0 aliphatic heterocycles. The van der Waals surface area contributed by atoms with Crippen molar-refractivity contribution in [3.8, 4) is 0 Å². The van der Waals surface area contributed by atoms with Crippen LogP contribution in [0, 0.1) is 0 Å². The standard InChI is InChI=1S/C59H106O6/c1-4-7-10-13-16-19-22-24-26-28-29-31-32-34-37-40-43-46-49-52-58(61)64-55-56(54-63-57(60)51-48-45-42-39-36-21-18-15-12-9-6-3)65-59(62)53-50-47-44-41-38-35-33-30-27-25-23-20-17-14-11-8-5-2/h15,18,25,27,33,35,41,44,56H,4-14,16-17,19-24,26,28-32,34,36-40,42-43,45-55H2,1-3H3/b18-15-,27-25-,35-33-,44-41-. The van der Waals surface area contributed by atoms with Crippen molar-refractivity contribution in [1.29, 1.82) is 0 Å². The van der Waals surface area contributed by atoms with E-state index in [0.29, 0.717) is 19.3 Å². The van der Waals surface area contributed by atoms with Crippen LogP contribution in [0.5, 0.6) is 0 Å². The zero-order valence-corrected chi connectivity index (χ0v) is 43.3. The van der Waals surface area contributed by atoms with E-state index in [-0.39, 0.29) is 37.5 Å². The van der Waals surface area contributed by atoms with Crippen molar-refractivity contribution >= 4 is 17.9 Å². The molecule has 0 rings (SSSR count). The SMILES string of the molecule is CCCC/C=C\CCCCCCCC(=O)OCC(COC(=O)CCCCCCCCCCCCCCCCCCCCC)OC(=O)CCC/C=C\C/C=C\C/C=C\CCCCCCCC. The smallest absolute Gasteiger partial charge is 0.306 e. The van der Waals surface area contributed by atoms with Crippen molar-refractivity contribution in [1.82, 2.24) is 0 Å². The van der Waals surface area contributed by atoms with E-state index in [2.05, 4.69) is 69.4 Å².